The first-order valence-electron chi connectivity index (χ1n) is 13.7. The summed E-state index contributed by atoms with van der Waals surface area (Å²) < 4.78 is 58.6. The number of nitrogens with one attached hydrogen (secondary N) is 1. The molecule has 0 atom stereocenters. The molecule has 2 fully saturated rings. The van der Waals surface area contributed by atoms with E-state index in [1.807, 2.05) is 11.8 Å². The number of hydrogen-bond acceptors (Lipinski definition) is 5. The van der Waals surface area contributed by atoms with E-state index < -0.39 is 6.36 Å². The molecule has 220 valence electrons. The molecule has 1 amide bonds. The number of benzene rings is 2. The molecule has 4 aromatic rings. The van der Waals surface area contributed by atoms with E-state index in [1.165, 1.54) is 18.2 Å². The lowest BCUT2D eigenvalue weighted by Gasteiger charge is -2.44. The van der Waals surface area contributed by atoms with Gasteiger partial charge in [-0.15, -0.1) is 13.2 Å². The predicted molar refractivity (Wildman–Crippen MR) is 152 cm³/mol. The van der Waals surface area contributed by atoms with Crippen LogP contribution in [0.3, 0.4) is 0 Å². The number of carbonyl (C=O) groups excluding carboxylic acids is 1. The first-order valence-corrected chi connectivity index (χ1v) is 14.0. The zero-order valence-corrected chi connectivity index (χ0v) is 23.5. The monoisotopic (exact) mass is 601 g/mol. The van der Waals surface area contributed by atoms with E-state index >= 15 is 4.39 Å². The van der Waals surface area contributed by atoms with Crippen LogP contribution in [0.2, 0.25) is 5.02 Å². The van der Waals surface area contributed by atoms with Crippen LogP contribution in [0.4, 0.5) is 28.9 Å². The van der Waals surface area contributed by atoms with Gasteiger partial charge >= 0.3 is 6.36 Å². The lowest BCUT2D eigenvalue weighted by Crippen LogP contribution is -2.55. The van der Waals surface area contributed by atoms with Gasteiger partial charge in [-0.3, -0.25) is 9.20 Å². The van der Waals surface area contributed by atoms with Crippen molar-refractivity contribution in [3.8, 4) is 5.75 Å². The number of amides is 1. The van der Waals surface area contributed by atoms with Gasteiger partial charge in [0.05, 0.1) is 21.9 Å². The van der Waals surface area contributed by atoms with Crippen LogP contribution in [0.5, 0.6) is 5.75 Å². The largest absolute Gasteiger partial charge is 0.573 e. The highest BCUT2D eigenvalue weighted by Crippen LogP contribution is 2.47. The maximum atomic E-state index is 15.4. The Morgan fingerprint density at radius 1 is 1.10 bits per heavy atom. The van der Waals surface area contributed by atoms with Gasteiger partial charge in [0.2, 0.25) is 0 Å². The van der Waals surface area contributed by atoms with Gasteiger partial charge in [-0.25, -0.2) is 9.37 Å². The van der Waals surface area contributed by atoms with Gasteiger partial charge < -0.3 is 19.9 Å². The Bertz CT molecular complexity index is 1640. The standard InChI is InChI=1S/C30H28ClF4N5O2/c1-2-24-27(39-17-20(31)4-10-26(39)37-24)28(41)36-16-19-3-9-25(23(32)15-19)38-13-14-40(29(18-38)11-12-29)21-5-7-22(8-6-21)42-30(33,34)35/h3-10,15,17H,2,11-14,16,18H2,1H3,(H,36,41). The second-order valence-electron chi connectivity index (χ2n) is 10.6. The van der Waals surface area contributed by atoms with Crippen molar-refractivity contribution in [1.29, 1.82) is 0 Å². The Labute approximate surface area is 244 Å². The van der Waals surface area contributed by atoms with Gasteiger partial charge in [0, 0.05) is 38.1 Å². The number of alkyl halides is 3. The molecule has 1 N–H and O–H groups in total. The number of imidazole rings is 1. The van der Waals surface area contributed by atoms with E-state index in [4.69, 9.17) is 11.6 Å². The van der Waals surface area contributed by atoms with Gasteiger partial charge in [0.25, 0.3) is 5.91 Å². The summed E-state index contributed by atoms with van der Waals surface area (Å²) in [5.74, 6) is -0.965. The molecule has 6 rings (SSSR count). The second-order valence-corrected chi connectivity index (χ2v) is 11.1. The minimum Gasteiger partial charge on any atom is -0.406 e. The van der Waals surface area contributed by atoms with Gasteiger partial charge in [-0.05, 0) is 73.4 Å². The van der Waals surface area contributed by atoms with E-state index in [0.717, 1.165) is 18.5 Å². The van der Waals surface area contributed by atoms with Crippen LogP contribution in [0.1, 0.15) is 41.5 Å². The molecule has 2 aliphatic rings. The fourth-order valence-electron chi connectivity index (χ4n) is 5.72. The number of piperazine rings is 1. The average Bonchev–Trinajstić information content (AvgIpc) is 3.60. The molecule has 0 radical (unpaired) electrons. The summed E-state index contributed by atoms with van der Waals surface area (Å²) in [6.07, 6.45) is -0.707. The summed E-state index contributed by atoms with van der Waals surface area (Å²) in [4.78, 5) is 21.8. The molecule has 3 heterocycles. The van der Waals surface area contributed by atoms with Crippen molar-refractivity contribution in [2.75, 3.05) is 29.4 Å². The topological polar surface area (TPSA) is 62.1 Å². The molecule has 12 heteroatoms. The predicted octanol–water partition coefficient (Wildman–Crippen LogP) is 6.38. The van der Waals surface area contributed by atoms with Crippen molar-refractivity contribution < 1.29 is 27.1 Å². The Morgan fingerprint density at radius 3 is 2.52 bits per heavy atom. The number of aromatic nitrogens is 2. The number of halogens is 5. The van der Waals surface area contributed by atoms with Gasteiger partial charge in [-0.2, -0.15) is 0 Å². The van der Waals surface area contributed by atoms with Crippen LogP contribution < -0.4 is 19.9 Å². The van der Waals surface area contributed by atoms with E-state index in [-0.39, 0.29) is 29.6 Å². The number of anilines is 2. The first kappa shape index (κ1) is 28.1. The maximum Gasteiger partial charge on any atom is 0.573 e. The third kappa shape index (κ3) is 5.57. The van der Waals surface area contributed by atoms with Crippen LogP contribution >= 0.6 is 11.6 Å². The van der Waals surface area contributed by atoms with Crippen LogP contribution in [-0.4, -0.2) is 46.8 Å². The molecule has 1 saturated carbocycles. The number of aryl methyl sites for hydroxylation is 1. The van der Waals surface area contributed by atoms with Crippen LogP contribution in [0, 0.1) is 5.82 Å². The minimum absolute atomic E-state index is 0.138. The number of fused-ring (bicyclic) bond motifs is 1. The van der Waals surface area contributed by atoms with Crippen molar-refractivity contribution in [3.63, 3.8) is 0 Å². The summed E-state index contributed by atoms with van der Waals surface area (Å²) in [7, 11) is 0. The number of ether oxygens (including phenoxy) is 1. The molecule has 42 heavy (non-hydrogen) atoms. The van der Waals surface area contributed by atoms with Gasteiger partial charge in [-0.1, -0.05) is 24.6 Å². The molecule has 0 bridgehead atoms. The summed E-state index contributed by atoms with van der Waals surface area (Å²) in [6, 6.07) is 14.3. The lowest BCUT2D eigenvalue weighted by molar-refractivity contribution is -0.274. The van der Waals surface area contributed by atoms with Crippen LogP contribution in [0.25, 0.3) is 5.65 Å². The summed E-state index contributed by atoms with van der Waals surface area (Å²) >= 11 is 6.14. The Balaban J connectivity index is 1.12. The highest BCUT2D eigenvalue weighted by atomic mass is 35.5. The van der Waals surface area contributed by atoms with E-state index in [2.05, 4.69) is 19.9 Å². The normalized spacial score (nSPS) is 16.2. The Kier molecular flexibility index (Phi) is 7.16. The number of pyridine rings is 1. The van der Waals surface area contributed by atoms with E-state index in [9.17, 15) is 18.0 Å². The number of carbonyl (C=O) groups is 1. The highest BCUT2D eigenvalue weighted by molar-refractivity contribution is 6.30. The molecule has 1 saturated heterocycles. The Hall–Kier alpha value is -3.99. The lowest BCUT2D eigenvalue weighted by atomic mass is 10.1. The smallest absolute Gasteiger partial charge is 0.406 e. The van der Waals surface area contributed by atoms with E-state index in [1.54, 1.807) is 47.0 Å². The number of hydrogen-bond donors (Lipinski definition) is 1. The highest BCUT2D eigenvalue weighted by Gasteiger charge is 2.51. The van der Waals surface area contributed by atoms with Crippen molar-refractivity contribution in [2.45, 2.75) is 44.6 Å². The van der Waals surface area contributed by atoms with Crippen molar-refractivity contribution in [1.82, 2.24) is 14.7 Å². The zero-order chi connectivity index (χ0) is 29.6. The molecule has 7 nitrogen and oxygen atoms in total. The van der Waals surface area contributed by atoms with E-state index in [0.29, 0.717) is 59.4 Å². The maximum absolute atomic E-state index is 15.4. The summed E-state index contributed by atoms with van der Waals surface area (Å²) in [5, 5.41) is 3.36. The molecule has 2 aromatic carbocycles. The van der Waals surface area contributed by atoms with Crippen molar-refractivity contribution >= 4 is 34.5 Å². The summed E-state index contributed by atoms with van der Waals surface area (Å²) in [5.41, 5.74) is 3.39. The number of nitrogens with zero attached hydrogens (tertiary/aromatic N) is 4. The molecular formula is C30H28ClF4N5O2. The third-order valence-corrected chi connectivity index (χ3v) is 8.09. The third-order valence-electron chi connectivity index (χ3n) is 7.87. The van der Waals surface area contributed by atoms with Crippen LogP contribution in [0.15, 0.2) is 60.8 Å². The first-order chi connectivity index (χ1) is 20.0. The SMILES string of the molecule is CCc1nc2ccc(Cl)cn2c1C(=O)NCc1ccc(N2CCN(c3ccc(OC(F)(F)F)cc3)C3(CC3)C2)c(F)c1. The van der Waals surface area contributed by atoms with Gasteiger partial charge in [0.1, 0.15) is 22.9 Å². The van der Waals surface area contributed by atoms with Crippen molar-refractivity contribution in [3.05, 3.63) is 88.6 Å². The minimum atomic E-state index is -4.74. The molecule has 1 aliphatic carbocycles. The van der Waals surface area contributed by atoms with Crippen LogP contribution in [-0.2, 0) is 13.0 Å². The molecule has 1 aliphatic heterocycles. The summed E-state index contributed by atoms with van der Waals surface area (Å²) in [6.45, 7) is 3.80. The molecular weight excluding hydrogens is 574 g/mol. The molecule has 0 unspecified atom stereocenters. The fourth-order valence-corrected chi connectivity index (χ4v) is 5.88. The van der Waals surface area contributed by atoms with Crippen molar-refractivity contribution in [2.24, 2.45) is 0 Å². The van der Waals surface area contributed by atoms with Gasteiger partial charge in [0.15, 0.2) is 0 Å². The molecule has 2 aromatic heterocycles. The fraction of sp³-hybridized carbons (Fsp3) is 0.333. The zero-order valence-electron chi connectivity index (χ0n) is 22.7. The average molecular weight is 602 g/mol. The Morgan fingerprint density at radius 2 is 1.86 bits per heavy atom. The number of rotatable bonds is 7. The quantitative estimate of drug-likeness (QED) is 0.249. The molecule has 1 spiro atoms. The second kappa shape index (κ2) is 10.7.